The summed E-state index contributed by atoms with van der Waals surface area (Å²) in [5, 5.41) is 2.13. The lowest BCUT2D eigenvalue weighted by Crippen LogP contribution is -2.29. The quantitative estimate of drug-likeness (QED) is 0.407. The molecule has 5 heteroatoms. The van der Waals surface area contributed by atoms with Gasteiger partial charge in [-0.15, -0.1) is 0 Å². The number of hydrogen-bond acceptors (Lipinski definition) is 3. The summed E-state index contributed by atoms with van der Waals surface area (Å²) >= 11 is 2.12. The van der Waals surface area contributed by atoms with Crippen molar-refractivity contribution >= 4 is 33.4 Å². The summed E-state index contributed by atoms with van der Waals surface area (Å²) in [5.74, 6) is 5.51. The van der Waals surface area contributed by atoms with Crippen molar-refractivity contribution in [2.75, 3.05) is 0 Å². The molecule has 1 heterocycles. The smallest absolute Gasteiger partial charge is 0.124 e. The number of hydrogen-bond donors (Lipinski definition) is 2. The predicted molar refractivity (Wildman–Crippen MR) is 90.0 cm³/mol. The standard InChI is InChI=1S/C16H13FIN3/c17-11-5-6-13(15(18)7-11)16(21-19)14-9-20-8-10-3-1-2-4-12(10)14/h1-9,16,21H,19H2. The van der Waals surface area contributed by atoms with Gasteiger partial charge in [-0.3, -0.25) is 10.8 Å². The molecule has 0 bridgehead atoms. The number of halogens is 2. The van der Waals surface area contributed by atoms with Crippen molar-refractivity contribution in [3.8, 4) is 0 Å². The van der Waals surface area contributed by atoms with Gasteiger partial charge in [-0.1, -0.05) is 30.3 Å². The Labute approximate surface area is 135 Å². The van der Waals surface area contributed by atoms with E-state index in [9.17, 15) is 4.39 Å². The number of fused-ring (bicyclic) bond motifs is 1. The van der Waals surface area contributed by atoms with Crippen LogP contribution in [0, 0.1) is 9.39 Å². The zero-order chi connectivity index (χ0) is 14.8. The molecule has 3 N–H and O–H groups in total. The van der Waals surface area contributed by atoms with Crippen LogP contribution in [0.1, 0.15) is 17.2 Å². The molecule has 0 amide bonds. The molecule has 106 valence electrons. The van der Waals surface area contributed by atoms with E-state index in [0.29, 0.717) is 0 Å². The van der Waals surface area contributed by atoms with E-state index in [0.717, 1.165) is 25.5 Å². The molecule has 1 atom stereocenters. The van der Waals surface area contributed by atoms with Crippen molar-refractivity contribution in [3.63, 3.8) is 0 Å². The van der Waals surface area contributed by atoms with Gasteiger partial charge in [0, 0.05) is 26.9 Å². The number of nitrogens with zero attached hydrogens (tertiary/aromatic N) is 1. The minimum atomic E-state index is -0.255. The molecule has 3 rings (SSSR count). The predicted octanol–water partition coefficient (Wildman–Crippen LogP) is 3.53. The average Bonchev–Trinajstić information content (AvgIpc) is 2.50. The Hall–Kier alpha value is -1.57. The molecule has 3 nitrogen and oxygen atoms in total. The van der Waals surface area contributed by atoms with Gasteiger partial charge < -0.3 is 0 Å². The van der Waals surface area contributed by atoms with Crippen LogP contribution < -0.4 is 11.3 Å². The SMILES string of the molecule is NNC(c1ccc(F)cc1I)c1cncc2ccccc12. The second kappa shape index (κ2) is 6.05. The molecule has 21 heavy (non-hydrogen) atoms. The van der Waals surface area contributed by atoms with E-state index in [1.54, 1.807) is 12.3 Å². The lowest BCUT2D eigenvalue weighted by molar-refractivity contribution is 0.613. The molecular weight excluding hydrogens is 380 g/mol. The van der Waals surface area contributed by atoms with Crippen LogP contribution in [0.3, 0.4) is 0 Å². The fourth-order valence-electron chi connectivity index (χ4n) is 2.45. The molecule has 0 saturated carbocycles. The highest BCUT2D eigenvalue weighted by Crippen LogP contribution is 2.30. The molecule has 1 aromatic heterocycles. The Balaban J connectivity index is 2.18. The Bertz CT molecular complexity index is 786. The van der Waals surface area contributed by atoms with Gasteiger partial charge in [-0.2, -0.15) is 0 Å². The minimum absolute atomic E-state index is 0.240. The van der Waals surface area contributed by atoms with E-state index in [1.807, 2.05) is 30.5 Å². The van der Waals surface area contributed by atoms with Gasteiger partial charge in [0.05, 0.1) is 6.04 Å². The maximum absolute atomic E-state index is 13.3. The number of nitrogens with two attached hydrogens (primary N) is 1. The first-order valence-electron chi connectivity index (χ1n) is 6.44. The largest absolute Gasteiger partial charge is 0.271 e. The Kier molecular flexibility index (Phi) is 4.14. The molecule has 0 spiro atoms. The zero-order valence-electron chi connectivity index (χ0n) is 11.1. The zero-order valence-corrected chi connectivity index (χ0v) is 13.2. The number of rotatable bonds is 3. The third-order valence-electron chi connectivity index (χ3n) is 3.45. The van der Waals surface area contributed by atoms with Gasteiger partial charge >= 0.3 is 0 Å². The second-order valence-corrected chi connectivity index (χ2v) is 5.88. The summed E-state index contributed by atoms with van der Waals surface area (Å²) < 4.78 is 14.1. The third kappa shape index (κ3) is 2.76. The van der Waals surface area contributed by atoms with Crippen molar-refractivity contribution < 1.29 is 4.39 Å². The normalized spacial score (nSPS) is 12.5. The summed E-state index contributed by atoms with van der Waals surface area (Å²) in [6, 6.07) is 12.5. The van der Waals surface area contributed by atoms with Gasteiger partial charge in [0.2, 0.25) is 0 Å². The first-order valence-corrected chi connectivity index (χ1v) is 7.52. The maximum Gasteiger partial charge on any atom is 0.124 e. The first kappa shape index (κ1) is 14.4. The summed E-state index contributed by atoms with van der Waals surface area (Å²) in [7, 11) is 0. The lowest BCUT2D eigenvalue weighted by atomic mass is 9.96. The number of pyridine rings is 1. The molecule has 0 fully saturated rings. The molecule has 0 aliphatic rings. The maximum atomic E-state index is 13.3. The van der Waals surface area contributed by atoms with Crippen LogP contribution in [-0.4, -0.2) is 4.98 Å². The number of aromatic nitrogens is 1. The third-order valence-corrected chi connectivity index (χ3v) is 4.38. The van der Waals surface area contributed by atoms with Crippen LogP contribution in [0.4, 0.5) is 4.39 Å². The number of benzene rings is 2. The van der Waals surface area contributed by atoms with Crippen LogP contribution in [0.15, 0.2) is 54.9 Å². The molecule has 2 aromatic carbocycles. The van der Waals surface area contributed by atoms with E-state index in [2.05, 4.69) is 33.0 Å². The van der Waals surface area contributed by atoms with Gasteiger partial charge in [-0.05, 0) is 45.7 Å². The van der Waals surface area contributed by atoms with E-state index >= 15 is 0 Å². The Morgan fingerprint density at radius 1 is 1.10 bits per heavy atom. The molecule has 0 radical (unpaired) electrons. The fraction of sp³-hybridized carbons (Fsp3) is 0.0625. The first-order chi connectivity index (χ1) is 10.2. The molecular formula is C16H13FIN3. The number of hydrazine groups is 1. The van der Waals surface area contributed by atoms with Crippen LogP contribution >= 0.6 is 22.6 Å². The molecule has 0 aliphatic heterocycles. The lowest BCUT2D eigenvalue weighted by Gasteiger charge is -2.20. The van der Waals surface area contributed by atoms with E-state index in [-0.39, 0.29) is 11.9 Å². The Morgan fingerprint density at radius 2 is 1.90 bits per heavy atom. The summed E-state index contributed by atoms with van der Waals surface area (Å²) in [4.78, 5) is 4.28. The minimum Gasteiger partial charge on any atom is -0.271 e. The van der Waals surface area contributed by atoms with Gasteiger partial charge in [0.1, 0.15) is 5.82 Å². The highest BCUT2D eigenvalue weighted by atomic mass is 127. The van der Waals surface area contributed by atoms with Crippen molar-refractivity contribution in [3.05, 3.63) is 75.4 Å². The van der Waals surface area contributed by atoms with Gasteiger partial charge in [0.25, 0.3) is 0 Å². The van der Waals surface area contributed by atoms with E-state index in [1.165, 1.54) is 12.1 Å². The monoisotopic (exact) mass is 393 g/mol. The van der Waals surface area contributed by atoms with Crippen molar-refractivity contribution in [2.24, 2.45) is 5.84 Å². The van der Waals surface area contributed by atoms with Crippen LogP contribution in [0.2, 0.25) is 0 Å². The summed E-state index contributed by atoms with van der Waals surface area (Å²) in [6.45, 7) is 0. The number of nitrogens with one attached hydrogen (secondary N) is 1. The molecule has 3 aromatic rings. The fourth-order valence-corrected chi connectivity index (χ4v) is 3.24. The van der Waals surface area contributed by atoms with Crippen LogP contribution in [-0.2, 0) is 0 Å². The van der Waals surface area contributed by atoms with E-state index in [4.69, 9.17) is 5.84 Å². The molecule has 0 saturated heterocycles. The van der Waals surface area contributed by atoms with Crippen LogP contribution in [0.5, 0.6) is 0 Å². The molecule has 0 aliphatic carbocycles. The van der Waals surface area contributed by atoms with Gasteiger partial charge in [-0.25, -0.2) is 9.82 Å². The van der Waals surface area contributed by atoms with Crippen molar-refractivity contribution in [1.82, 2.24) is 10.4 Å². The summed E-state index contributed by atoms with van der Waals surface area (Å²) in [6.07, 6.45) is 3.62. The Morgan fingerprint density at radius 3 is 2.67 bits per heavy atom. The highest BCUT2D eigenvalue weighted by molar-refractivity contribution is 14.1. The highest BCUT2D eigenvalue weighted by Gasteiger charge is 2.18. The van der Waals surface area contributed by atoms with Crippen molar-refractivity contribution in [1.29, 1.82) is 0 Å². The van der Waals surface area contributed by atoms with E-state index < -0.39 is 0 Å². The van der Waals surface area contributed by atoms with Crippen LogP contribution in [0.25, 0.3) is 10.8 Å². The second-order valence-electron chi connectivity index (χ2n) is 4.72. The molecule has 1 unspecified atom stereocenters. The average molecular weight is 393 g/mol. The topological polar surface area (TPSA) is 50.9 Å². The van der Waals surface area contributed by atoms with Gasteiger partial charge in [0.15, 0.2) is 0 Å². The summed E-state index contributed by atoms with van der Waals surface area (Å²) in [5.41, 5.74) is 4.72. The van der Waals surface area contributed by atoms with Crippen molar-refractivity contribution in [2.45, 2.75) is 6.04 Å².